The van der Waals surface area contributed by atoms with Crippen LogP contribution in [0.4, 0.5) is 5.13 Å². The van der Waals surface area contributed by atoms with Gasteiger partial charge >= 0.3 is 0 Å². The second kappa shape index (κ2) is 9.05. The molecule has 32 heavy (non-hydrogen) atoms. The van der Waals surface area contributed by atoms with E-state index in [1.165, 1.54) is 28.4 Å². The topological polar surface area (TPSA) is 89.5 Å². The molecule has 0 aliphatic carbocycles. The molecule has 0 spiro atoms. The zero-order valence-electron chi connectivity index (χ0n) is 17.6. The van der Waals surface area contributed by atoms with E-state index in [1.807, 2.05) is 25.1 Å². The lowest BCUT2D eigenvalue weighted by molar-refractivity contribution is -0.116. The Labute approximate surface area is 190 Å². The maximum Gasteiger partial charge on any atom is 0.244 e. The highest BCUT2D eigenvalue weighted by atomic mass is 32.2. The summed E-state index contributed by atoms with van der Waals surface area (Å²) in [4.78, 5) is 23.6. The lowest BCUT2D eigenvalue weighted by atomic mass is 10.2. The molecule has 0 unspecified atom stereocenters. The molecule has 4 aromatic rings. The number of methoxy groups -OCH3 is 1. The van der Waals surface area contributed by atoms with Crippen LogP contribution in [0.15, 0.2) is 71.8 Å². The zero-order valence-corrected chi connectivity index (χ0v) is 19.2. The molecule has 0 saturated heterocycles. The third-order valence-corrected chi connectivity index (χ3v) is 7.53. The first kappa shape index (κ1) is 21.9. The van der Waals surface area contributed by atoms with Crippen molar-refractivity contribution in [2.45, 2.75) is 18.4 Å². The van der Waals surface area contributed by atoms with Crippen molar-refractivity contribution in [2.75, 3.05) is 17.8 Å². The molecule has 7 nitrogen and oxygen atoms in total. The average Bonchev–Trinajstić information content (AvgIpc) is 3.21. The zero-order chi connectivity index (χ0) is 22.7. The summed E-state index contributed by atoms with van der Waals surface area (Å²) in [6.07, 6.45) is 1.63. The van der Waals surface area contributed by atoms with E-state index in [-0.39, 0.29) is 11.4 Å². The Hall–Kier alpha value is -3.30. The van der Waals surface area contributed by atoms with Crippen molar-refractivity contribution in [1.82, 2.24) is 9.97 Å². The van der Waals surface area contributed by atoms with Crippen LogP contribution in [0.3, 0.4) is 0 Å². The van der Waals surface area contributed by atoms with Crippen LogP contribution >= 0.6 is 11.3 Å². The van der Waals surface area contributed by atoms with Gasteiger partial charge in [-0.05, 0) is 43.3 Å². The minimum absolute atomic E-state index is 0.111. The summed E-state index contributed by atoms with van der Waals surface area (Å²) in [6.45, 7) is 1.98. The second-order valence-corrected chi connectivity index (χ2v) is 10.2. The van der Waals surface area contributed by atoms with Gasteiger partial charge in [0.25, 0.3) is 0 Å². The first-order chi connectivity index (χ1) is 15.4. The number of hydrogen-bond acceptors (Lipinski definition) is 7. The van der Waals surface area contributed by atoms with E-state index in [4.69, 9.17) is 4.74 Å². The molecule has 2 aromatic carbocycles. The van der Waals surface area contributed by atoms with Crippen LogP contribution in [0, 0.1) is 6.92 Å². The lowest BCUT2D eigenvalue weighted by Crippen LogP contribution is -2.35. The van der Waals surface area contributed by atoms with Crippen molar-refractivity contribution in [3.8, 4) is 5.75 Å². The number of benzene rings is 2. The van der Waals surface area contributed by atoms with Crippen molar-refractivity contribution in [3.05, 3.63) is 78.1 Å². The predicted octanol–water partition coefficient (Wildman–Crippen LogP) is 4.02. The van der Waals surface area contributed by atoms with Gasteiger partial charge < -0.3 is 4.74 Å². The summed E-state index contributed by atoms with van der Waals surface area (Å²) < 4.78 is 31.9. The summed E-state index contributed by atoms with van der Waals surface area (Å²) in [7, 11) is -2.25. The van der Waals surface area contributed by atoms with Crippen LogP contribution in [0.25, 0.3) is 10.2 Å². The van der Waals surface area contributed by atoms with Crippen LogP contribution in [0.2, 0.25) is 0 Å². The van der Waals surface area contributed by atoms with Crippen LogP contribution < -0.4 is 9.64 Å². The smallest absolute Gasteiger partial charge is 0.244 e. The fourth-order valence-corrected chi connectivity index (χ4v) is 5.28. The molecule has 0 fully saturated rings. The van der Waals surface area contributed by atoms with Gasteiger partial charge in [-0.2, -0.15) is 0 Å². The highest BCUT2D eigenvalue weighted by molar-refractivity contribution is 7.92. The maximum absolute atomic E-state index is 13.3. The molecule has 0 aliphatic rings. The van der Waals surface area contributed by atoms with Gasteiger partial charge in [0, 0.05) is 12.3 Å². The summed E-state index contributed by atoms with van der Waals surface area (Å²) >= 11 is 1.31. The van der Waals surface area contributed by atoms with Gasteiger partial charge in [0.15, 0.2) is 15.0 Å². The molecule has 1 amide bonds. The fraction of sp³-hybridized carbons (Fsp3) is 0.174. The molecule has 0 aliphatic heterocycles. The summed E-state index contributed by atoms with van der Waals surface area (Å²) in [5.74, 6) is -0.580. The number of amides is 1. The minimum atomic E-state index is -3.82. The Balaban J connectivity index is 1.69. The molecule has 0 N–H and O–H groups in total. The number of anilines is 1. The number of sulfone groups is 1. The Morgan fingerprint density at radius 3 is 2.56 bits per heavy atom. The molecule has 0 bridgehead atoms. The first-order valence-corrected chi connectivity index (χ1v) is 12.3. The van der Waals surface area contributed by atoms with Crippen molar-refractivity contribution in [3.63, 3.8) is 0 Å². The Morgan fingerprint density at radius 2 is 1.88 bits per heavy atom. The van der Waals surface area contributed by atoms with Crippen molar-refractivity contribution < 1.29 is 17.9 Å². The molecule has 164 valence electrons. The Kier molecular flexibility index (Phi) is 6.20. The number of hydrogen-bond donors (Lipinski definition) is 0. The number of ether oxygens (including phenoxy) is 1. The summed E-state index contributed by atoms with van der Waals surface area (Å²) in [6, 6.07) is 17.3. The minimum Gasteiger partial charge on any atom is -0.497 e. The van der Waals surface area contributed by atoms with Gasteiger partial charge in [-0.25, -0.2) is 13.4 Å². The highest BCUT2D eigenvalue weighted by Gasteiger charge is 2.27. The van der Waals surface area contributed by atoms with E-state index in [9.17, 15) is 13.2 Å². The van der Waals surface area contributed by atoms with E-state index in [0.29, 0.717) is 22.1 Å². The monoisotopic (exact) mass is 467 g/mol. The first-order valence-electron chi connectivity index (χ1n) is 9.80. The van der Waals surface area contributed by atoms with Crippen LogP contribution in [0.1, 0.15) is 11.3 Å². The third-order valence-electron chi connectivity index (χ3n) is 4.86. The molecule has 9 heteroatoms. The van der Waals surface area contributed by atoms with Gasteiger partial charge in [-0.3, -0.25) is 14.7 Å². The highest BCUT2D eigenvalue weighted by Crippen LogP contribution is 2.32. The molecule has 0 atom stereocenters. The quantitative estimate of drug-likeness (QED) is 0.408. The number of nitrogens with zero attached hydrogens (tertiary/aromatic N) is 3. The molecule has 2 heterocycles. The fourth-order valence-electron chi connectivity index (χ4n) is 3.12. The van der Waals surface area contributed by atoms with Gasteiger partial charge in [-0.15, -0.1) is 0 Å². The number of thiazole rings is 1. The van der Waals surface area contributed by atoms with E-state index in [2.05, 4.69) is 9.97 Å². The number of fused-ring (bicyclic) bond motifs is 1. The number of aromatic nitrogens is 2. The Bertz CT molecular complexity index is 1350. The number of rotatable bonds is 7. The summed E-state index contributed by atoms with van der Waals surface area (Å²) in [5.41, 5.74) is 2.24. The third kappa shape index (κ3) is 4.79. The SMILES string of the molecule is COc1ccc2sc(N(Cc3ccccn3)C(=O)CS(=O)(=O)c3ccc(C)cc3)nc2c1. The molecular weight excluding hydrogens is 446 g/mol. The standard InChI is InChI=1S/C23H21N3O4S2/c1-16-6-9-19(10-7-16)32(28,29)15-22(27)26(14-17-5-3-4-12-24-17)23-25-20-13-18(30-2)8-11-21(20)31-23/h3-13H,14-15H2,1-2H3. The Morgan fingerprint density at radius 1 is 1.09 bits per heavy atom. The number of carbonyl (C=O) groups is 1. The average molecular weight is 468 g/mol. The van der Waals surface area contributed by atoms with Crippen LogP contribution in [-0.4, -0.2) is 37.2 Å². The largest absolute Gasteiger partial charge is 0.497 e. The van der Waals surface area contributed by atoms with E-state index < -0.39 is 21.5 Å². The summed E-state index contributed by atoms with van der Waals surface area (Å²) in [5, 5.41) is 0.406. The molecule has 0 radical (unpaired) electrons. The van der Waals surface area contributed by atoms with Gasteiger partial charge in [0.1, 0.15) is 11.5 Å². The number of pyridine rings is 1. The molecule has 2 aromatic heterocycles. The predicted molar refractivity (Wildman–Crippen MR) is 125 cm³/mol. The van der Waals surface area contributed by atoms with Gasteiger partial charge in [-0.1, -0.05) is 35.1 Å². The molecule has 4 rings (SSSR count). The van der Waals surface area contributed by atoms with Gasteiger partial charge in [0.05, 0.1) is 34.5 Å². The van der Waals surface area contributed by atoms with Crippen LogP contribution in [-0.2, 0) is 21.2 Å². The van der Waals surface area contributed by atoms with E-state index in [1.54, 1.807) is 43.6 Å². The second-order valence-electron chi connectivity index (χ2n) is 7.20. The lowest BCUT2D eigenvalue weighted by Gasteiger charge is -2.19. The van der Waals surface area contributed by atoms with Crippen LogP contribution in [0.5, 0.6) is 5.75 Å². The van der Waals surface area contributed by atoms with Crippen molar-refractivity contribution in [1.29, 1.82) is 0 Å². The van der Waals surface area contributed by atoms with E-state index >= 15 is 0 Å². The van der Waals surface area contributed by atoms with E-state index in [0.717, 1.165) is 10.3 Å². The molecule has 0 saturated carbocycles. The van der Waals surface area contributed by atoms with Gasteiger partial charge in [0.2, 0.25) is 5.91 Å². The maximum atomic E-state index is 13.3. The number of carbonyl (C=O) groups excluding carboxylic acids is 1. The normalized spacial score (nSPS) is 11.4. The number of aryl methyl sites for hydroxylation is 1. The van der Waals surface area contributed by atoms with Crippen molar-refractivity contribution >= 4 is 42.4 Å². The molecular formula is C23H21N3O4S2. The van der Waals surface area contributed by atoms with Crippen molar-refractivity contribution in [2.24, 2.45) is 0 Å².